The minimum Gasteiger partial charge on any atom is -0.0312 e. The third-order valence-corrected chi connectivity index (χ3v) is 2.91. The topological polar surface area (TPSA) is 0 Å². The summed E-state index contributed by atoms with van der Waals surface area (Å²) in [7, 11) is 0. The normalized spacial score (nSPS) is 16.5. The van der Waals surface area contributed by atoms with Crippen LogP contribution >= 0.6 is 0 Å². The molecule has 0 N–H and O–H groups in total. The molecule has 11 radical (unpaired) electrons. The molecule has 2 saturated carbocycles. The zero-order valence-corrected chi connectivity index (χ0v) is 14.9. The second kappa shape index (κ2) is 13.7. The van der Waals surface area contributed by atoms with Gasteiger partial charge in [-0.3, -0.25) is 0 Å². The van der Waals surface area contributed by atoms with Crippen molar-refractivity contribution in [3.8, 4) is 0 Å². The van der Waals surface area contributed by atoms with Crippen molar-refractivity contribution >= 4 is 25.9 Å². The summed E-state index contributed by atoms with van der Waals surface area (Å²) >= 11 is 2.03. The maximum Gasteiger partial charge on any atom is 2.00 e. The van der Waals surface area contributed by atoms with E-state index in [2.05, 4.69) is 31.2 Å². The van der Waals surface area contributed by atoms with Gasteiger partial charge in [0.15, 0.2) is 0 Å². The molecule has 0 spiro atoms. The molecule has 0 atom stereocenters. The molecule has 2 aliphatic carbocycles. The van der Waals surface area contributed by atoms with Crippen LogP contribution in [-0.4, -0.2) is 22.3 Å². The van der Waals surface area contributed by atoms with Crippen molar-refractivity contribution in [2.75, 3.05) is 0 Å². The molecule has 2 fully saturated rings. The molecule has 93 valence electrons. The predicted molar refractivity (Wildman–Crippen MR) is 79.6 cm³/mol. The molecular formula is C17H17TeTi+2. The van der Waals surface area contributed by atoms with Crippen LogP contribution in [0.1, 0.15) is 5.56 Å². The molecule has 2 aliphatic rings. The van der Waals surface area contributed by atoms with E-state index in [4.69, 9.17) is 0 Å². The first-order valence-electron chi connectivity index (χ1n) is 5.86. The summed E-state index contributed by atoms with van der Waals surface area (Å²) < 4.78 is 1.34. The Morgan fingerprint density at radius 2 is 0.842 bits per heavy atom. The second-order valence-corrected chi connectivity index (χ2v) is 5.08. The minimum absolute atomic E-state index is 0. The Labute approximate surface area is 147 Å². The molecule has 0 amide bonds. The monoisotopic (exact) mass is 399 g/mol. The maximum atomic E-state index is 2.12. The van der Waals surface area contributed by atoms with E-state index < -0.39 is 0 Å². The van der Waals surface area contributed by atoms with Crippen LogP contribution in [-0.2, 0) is 21.7 Å². The van der Waals surface area contributed by atoms with Crippen LogP contribution in [0.15, 0.2) is 24.3 Å². The molecule has 0 aliphatic heterocycles. The van der Waals surface area contributed by atoms with Crippen LogP contribution in [0.5, 0.6) is 0 Å². The van der Waals surface area contributed by atoms with Crippen LogP contribution < -0.4 is 3.61 Å². The fraction of sp³-hybridized carbons (Fsp3) is 0.0588. The molecule has 1 aromatic carbocycles. The van der Waals surface area contributed by atoms with Crippen molar-refractivity contribution in [1.82, 2.24) is 0 Å². The number of rotatable bonds is 0. The Kier molecular flexibility index (Phi) is 14.2. The fourth-order valence-electron chi connectivity index (χ4n) is 1.18. The first kappa shape index (κ1) is 19.7. The summed E-state index contributed by atoms with van der Waals surface area (Å²) in [6.45, 7) is 2.10. The summed E-state index contributed by atoms with van der Waals surface area (Å²) in [5.41, 5.74) is 1.33. The van der Waals surface area contributed by atoms with Crippen molar-refractivity contribution < 1.29 is 21.7 Å². The van der Waals surface area contributed by atoms with Gasteiger partial charge < -0.3 is 0 Å². The molecule has 0 bridgehead atoms. The van der Waals surface area contributed by atoms with Gasteiger partial charge in [-0.15, -0.1) is 0 Å². The number of hydrogen-bond acceptors (Lipinski definition) is 0. The number of aryl methyl sites for hydroxylation is 1. The molecule has 3 rings (SSSR count). The summed E-state index contributed by atoms with van der Waals surface area (Å²) in [5.74, 6) is 0. The summed E-state index contributed by atoms with van der Waals surface area (Å²) in [4.78, 5) is 0. The SMILES string of the molecule is Cc1ccc([Te])cc1.[CH]1[CH][CH][CH][CH]1.[CH]1[CH][CH][CH][CH]1.[Ti+2]. The molecule has 0 nitrogen and oxygen atoms in total. The van der Waals surface area contributed by atoms with Gasteiger partial charge in [-0.1, -0.05) is 0 Å². The van der Waals surface area contributed by atoms with Gasteiger partial charge in [0.25, 0.3) is 0 Å². The van der Waals surface area contributed by atoms with E-state index in [1.165, 1.54) is 9.17 Å². The first-order chi connectivity index (χ1) is 8.79. The van der Waals surface area contributed by atoms with E-state index in [-0.39, 0.29) is 21.7 Å². The van der Waals surface area contributed by atoms with Gasteiger partial charge in [-0.2, -0.15) is 0 Å². The predicted octanol–water partition coefficient (Wildman–Crippen LogP) is 2.83. The third kappa shape index (κ3) is 12.2. The van der Waals surface area contributed by atoms with Gasteiger partial charge in [-0.25, -0.2) is 0 Å². The molecule has 0 aromatic heterocycles. The van der Waals surface area contributed by atoms with Crippen LogP contribution in [0.2, 0.25) is 0 Å². The Morgan fingerprint density at radius 3 is 1.05 bits per heavy atom. The van der Waals surface area contributed by atoms with Crippen LogP contribution in [0.3, 0.4) is 0 Å². The van der Waals surface area contributed by atoms with E-state index in [0.29, 0.717) is 0 Å². The van der Waals surface area contributed by atoms with Gasteiger partial charge in [0.2, 0.25) is 0 Å². The Bertz CT molecular complexity index is 240. The number of benzene rings is 1. The Hall–Kier alpha value is 0.724. The van der Waals surface area contributed by atoms with Crippen LogP contribution in [0, 0.1) is 71.1 Å². The molecule has 19 heavy (non-hydrogen) atoms. The molecule has 0 heterocycles. The van der Waals surface area contributed by atoms with Gasteiger partial charge >= 0.3 is 84.4 Å². The van der Waals surface area contributed by atoms with Gasteiger partial charge in [0.1, 0.15) is 0 Å². The van der Waals surface area contributed by atoms with E-state index in [0.717, 1.165) is 0 Å². The Balaban J connectivity index is 0.000000259. The quantitative estimate of drug-likeness (QED) is 0.592. The number of hydrogen-bond donors (Lipinski definition) is 0. The summed E-state index contributed by atoms with van der Waals surface area (Å²) in [6.07, 6.45) is 20.0. The van der Waals surface area contributed by atoms with Crippen molar-refractivity contribution in [2.24, 2.45) is 0 Å². The standard InChI is InChI=1S/C7H7Te.2C5H5.Ti/c1-6-2-4-7(8)5-3-6;2*1-2-4-5-3-1;/h2-5H,1H3;2*1-5H;/q;;;+2. The van der Waals surface area contributed by atoms with Crippen LogP contribution in [0.4, 0.5) is 0 Å². The first-order valence-corrected chi connectivity index (χ1v) is 7.02. The average Bonchev–Trinajstić information content (AvgIpc) is 3.11. The van der Waals surface area contributed by atoms with Gasteiger partial charge in [-0.05, 0) is 64.2 Å². The summed E-state index contributed by atoms with van der Waals surface area (Å²) in [6, 6.07) is 8.50. The average molecular weight is 397 g/mol. The molecule has 0 unspecified atom stereocenters. The fourth-order valence-corrected chi connectivity index (χ4v) is 1.57. The molecular weight excluding hydrogens is 380 g/mol. The van der Waals surface area contributed by atoms with Crippen molar-refractivity contribution in [3.05, 3.63) is 94.0 Å². The Morgan fingerprint density at radius 1 is 0.579 bits per heavy atom. The van der Waals surface area contributed by atoms with Crippen LogP contribution in [0.25, 0.3) is 0 Å². The van der Waals surface area contributed by atoms with Crippen molar-refractivity contribution in [1.29, 1.82) is 0 Å². The minimum atomic E-state index is 0. The van der Waals surface area contributed by atoms with E-state index >= 15 is 0 Å². The van der Waals surface area contributed by atoms with Gasteiger partial charge in [0, 0.05) is 0 Å². The molecule has 0 saturated heterocycles. The maximum absolute atomic E-state index is 2.12. The van der Waals surface area contributed by atoms with Gasteiger partial charge in [0.05, 0.1) is 0 Å². The van der Waals surface area contributed by atoms with Crippen molar-refractivity contribution in [2.45, 2.75) is 6.92 Å². The molecule has 2 heteroatoms. The largest absolute Gasteiger partial charge is 2.00 e. The zero-order valence-electron chi connectivity index (χ0n) is 11.0. The van der Waals surface area contributed by atoms with E-state index in [1.807, 2.05) is 86.5 Å². The smallest absolute Gasteiger partial charge is 0.0312 e. The third-order valence-electron chi connectivity index (χ3n) is 2.13. The second-order valence-electron chi connectivity index (χ2n) is 3.74. The van der Waals surface area contributed by atoms with Crippen molar-refractivity contribution in [3.63, 3.8) is 0 Å². The van der Waals surface area contributed by atoms with E-state index in [1.54, 1.807) is 0 Å². The molecule has 1 aromatic rings. The summed E-state index contributed by atoms with van der Waals surface area (Å²) in [5, 5.41) is 0. The zero-order chi connectivity index (χ0) is 13.1. The van der Waals surface area contributed by atoms with E-state index in [9.17, 15) is 0 Å².